The lowest BCUT2D eigenvalue weighted by atomic mass is 10.0. The van der Waals surface area contributed by atoms with Gasteiger partial charge in [0.15, 0.2) is 0 Å². The van der Waals surface area contributed by atoms with Gasteiger partial charge in [-0.1, -0.05) is 30.3 Å². The van der Waals surface area contributed by atoms with Gasteiger partial charge >= 0.3 is 0 Å². The number of hydrogen-bond acceptors (Lipinski definition) is 3. The van der Waals surface area contributed by atoms with E-state index in [1.807, 2.05) is 40.1 Å². The molecule has 1 atom stereocenters. The molecule has 1 aromatic carbocycles. The molecule has 1 fully saturated rings. The predicted molar refractivity (Wildman–Crippen MR) is 86.7 cm³/mol. The van der Waals surface area contributed by atoms with Crippen LogP contribution in [0.5, 0.6) is 0 Å². The predicted octanol–water partition coefficient (Wildman–Crippen LogP) is 2.13. The Morgan fingerprint density at radius 1 is 1.04 bits per heavy atom. The summed E-state index contributed by atoms with van der Waals surface area (Å²) in [6, 6.07) is 13.2. The van der Waals surface area contributed by atoms with Gasteiger partial charge in [0.2, 0.25) is 5.91 Å². The molecule has 1 aliphatic heterocycles. The lowest BCUT2D eigenvalue weighted by Gasteiger charge is -2.41. The van der Waals surface area contributed by atoms with E-state index in [4.69, 9.17) is 0 Å². The van der Waals surface area contributed by atoms with Crippen LogP contribution in [0, 0.1) is 0 Å². The standard InChI is InChI=1S/C18H19N3O2/c1-14(22)21-12-11-20(18(23)16-7-9-19-10-8-16)13-17(21)15-5-3-2-4-6-15/h2-10,17H,11-13H2,1H3. The van der Waals surface area contributed by atoms with Crippen LogP contribution in [0.4, 0.5) is 0 Å². The van der Waals surface area contributed by atoms with Crippen LogP contribution < -0.4 is 0 Å². The molecule has 1 saturated heterocycles. The molecule has 0 radical (unpaired) electrons. The van der Waals surface area contributed by atoms with E-state index in [2.05, 4.69) is 4.98 Å². The van der Waals surface area contributed by atoms with Gasteiger partial charge in [-0.3, -0.25) is 14.6 Å². The van der Waals surface area contributed by atoms with E-state index in [0.29, 0.717) is 25.2 Å². The quantitative estimate of drug-likeness (QED) is 0.854. The van der Waals surface area contributed by atoms with E-state index in [9.17, 15) is 9.59 Å². The van der Waals surface area contributed by atoms with Crippen molar-refractivity contribution in [2.45, 2.75) is 13.0 Å². The monoisotopic (exact) mass is 309 g/mol. The number of aromatic nitrogens is 1. The summed E-state index contributed by atoms with van der Waals surface area (Å²) in [5.41, 5.74) is 1.68. The number of benzene rings is 1. The van der Waals surface area contributed by atoms with Gasteiger partial charge in [0.25, 0.3) is 5.91 Å². The minimum atomic E-state index is -0.103. The summed E-state index contributed by atoms with van der Waals surface area (Å²) in [5, 5.41) is 0. The highest BCUT2D eigenvalue weighted by Gasteiger charge is 2.32. The fraction of sp³-hybridized carbons (Fsp3) is 0.278. The third-order valence-corrected chi connectivity index (χ3v) is 4.18. The van der Waals surface area contributed by atoms with Crippen molar-refractivity contribution in [1.82, 2.24) is 14.8 Å². The first-order chi connectivity index (χ1) is 11.2. The maximum Gasteiger partial charge on any atom is 0.254 e. The van der Waals surface area contributed by atoms with Crippen molar-refractivity contribution in [2.24, 2.45) is 0 Å². The molecule has 1 aliphatic rings. The van der Waals surface area contributed by atoms with E-state index < -0.39 is 0 Å². The third kappa shape index (κ3) is 3.23. The summed E-state index contributed by atoms with van der Waals surface area (Å²) in [4.78, 5) is 32.2. The summed E-state index contributed by atoms with van der Waals surface area (Å²) < 4.78 is 0. The van der Waals surface area contributed by atoms with Gasteiger partial charge in [-0.2, -0.15) is 0 Å². The molecule has 1 aromatic heterocycles. The van der Waals surface area contributed by atoms with E-state index in [1.54, 1.807) is 31.5 Å². The minimum Gasteiger partial charge on any atom is -0.334 e. The number of pyridine rings is 1. The zero-order valence-electron chi connectivity index (χ0n) is 13.1. The number of rotatable bonds is 2. The lowest BCUT2D eigenvalue weighted by molar-refractivity contribution is -0.133. The molecule has 5 nitrogen and oxygen atoms in total. The van der Waals surface area contributed by atoms with Crippen molar-refractivity contribution in [3.63, 3.8) is 0 Å². The SMILES string of the molecule is CC(=O)N1CCN(C(=O)c2ccncc2)CC1c1ccccc1. The Bertz CT molecular complexity index is 688. The van der Waals surface area contributed by atoms with Crippen LogP contribution in [0.3, 0.4) is 0 Å². The highest BCUT2D eigenvalue weighted by Crippen LogP contribution is 2.26. The zero-order chi connectivity index (χ0) is 16.2. The molecule has 118 valence electrons. The molecule has 0 spiro atoms. The first-order valence-electron chi connectivity index (χ1n) is 7.68. The first-order valence-corrected chi connectivity index (χ1v) is 7.68. The Morgan fingerprint density at radius 2 is 1.74 bits per heavy atom. The van der Waals surface area contributed by atoms with Crippen LogP contribution in [0.1, 0.15) is 28.9 Å². The summed E-state index contributed by atoms with van der Waals surface area (Å²) >= 11 is 0. The highest BCUT2D eigenvalue weighted by molar-refractivity contribution is 5.94. The first kappa shape index (κ1) is 15.2. The summed E-state index contributed by atoms with van der Waals surface area (Å²) in [6.45, 7) is 3.18. The van der Waals surface area contributed by atoms with Crippen molar-refractivity contribution >= 4 is 11.8 Å². The number of hydrogen-bond donors (Lipinski definition) is 0. The molecule has 0 bridgehead atoms. The van der Waals surface area contributed by atoms with Crippen LogP contribution >= 0.6 is 0 Å². The van der Waals surface area contributed by atoms with Gasteiger partial charge < -0.3 is 9.80 Å². The largest absolute Gasteiger partial charge is 0.334 e. The average molecular weight is 309 g/mol. The fourth-order valence-electron chi connectivity index (χ4n) is 2.98. The number of amides is 2. The van der Waals surface area contributed by atoms with E-state index in [0.717, 1.165) is 5.56 Å². The molecule has 2 amide bonds. The summed E-state index contributed by atoms with van der Waals surface area (Å²) in [6.07, 6.45) is 3.24. The van der Waals surface area contributed by atoms with Crippen molar-refractivity contribution in [3.05, 3.63) is 66.0 Å². The molecule has 2 aromatic rings. The molecule has 2 heterocycles. The molecule has 5 heteroatoms. The molecule has 0 aliphatic carbocycles. The lowest BCUT2D eigenvalue weighted by Crippen LogP contribution is -2.51. The molecule has 23 heavy (non-hydrogen) atoms. The Labute approximate surface area is 135 Å². The highest BCUT2D eigenvalue weighted by atomic mass is 16.2. The Morgan fingerprint density at radius 3 is 2.39 bits per heavy atom. The molecule has 0 saturated carbocycles. The number of piperazine rings is 1. The second kappa shape index (κ2) is 6.60. The summed E-state index contributed by atoms with van der Waals surface area (Å²) in [5.74, 6) is 0.0198. The average Bonchev–Trinajstić information content (AvgIpc) is 2.62. The Balaban J connectivity index is 1.84. The van der Waals surface area contributed by atoms with Gasteiger partial charge in [0, 0.05) is 44.5 Å². The van der Waals surface area contributed by atoms with Crippen LogP contribution in [-0.4, -0.2) is 46.2 Å². The molecule has 3 rings (SSSR count). The van der Waals surface area contributed by atoms with Gasteiger partial charge in [-0.25, -0.2) is 0 Å². The maximum atomic E-state index is 12.6. The normalized spacial score (nSPS) is 17.9. The van der Waals surface area contributed by atoms with Gasteiger partial charge in [-0.15, -0.1) is 0 Å². The van der Waals surface area contributed by atoms with Crippen LogP contribution in [0.15, 0.2) is 54.9 Å². The molecular formula is C18H19N3O2. The molecular weight excluding hydrogens is 290 g/mol. The van der Waals surface area contributed by atoms with Crippen LogP contribution in [0.25, 0.3) is 0 Å². The van der Waals surface area contributed by atoms with Crippen molar-refractivity contribution in [1.29, 1.82) is 0 Å². The maximum absolute atomic E-state index is 12.6. The topological polar surface area (TPSA) is 53.5 Å². The van der Waals surface area contributed by atoms with E-state index in [-0.39, 0.29) is 17.9 Å². The van der Waals surface area contributed by atoms with E-state index in [1.165, 1.54) is 0 Å². The minimum absolute atomic E-state index is 0.0171. The van der Waals surface area contributed by atoms with E-state index >= 15 is 0 Å². The zero-order valence-corrected chi connectivity index (χ0v) is 13.1. The van der Waals surface area contributed by atoms with Crippen molar-refractivity contribution in [2.75, 3.05) is 19.6 Å². The number of nitrogens with zero attached hydrogens (tertiary/aromatic N) is 3. The third-order valence-electron chi connectivity index (χ3n) is 4.18. The number of carbonyl (C=O) groups is 2. The van der Waals surface area contributed by atoms with Gasteiger partial charge in [-0.05, 0) is 17.7 Å². The number of carbonyl (C=O) groups excluding carboxylic acids is 2. The second-order valence-corrected chi connectivity index (χ2v) is 5.63. The molecule has 1 unspecified atom stereocenters. The van der Waals surface area contributed by atoms with Gasteiger partial charge in [0.05, 0.1) is 6.04 Å². The van der Waals surface area contributed by atoms with Crippen molar-refractivity contribution < 1.29 is 9.59 Å². The smallest absolute Gasteiger partial charge is 0.254 e. The Kier molecular flexibility index (Phi) is 4.37. The molecule has 0 N–H and O–H groups in total. The van der Waals surface area contributed by atoms with Crippen LogP contribution in [-0.2, 0) is 4.79 Å². The fourth-order valence-corrected chi connectivity index (χ4v) is 2.98. The van der Waals surface area contributed by atoms with Crippen LogP contribution in [0.2, 0.25) is 0 Å². The van der Waals surface area contributed by atoms with Gasteiger partial charge in [0.1, 0.15) is 0 Å². The van der Waals surface area contributed by atoms with Crippen molar-refractivity contribution in [3.8, 4) is 0 Å². The second-order valence-electron chi connectivity index (χ2n) is 5.63. The summed E-state index contributed by atoms with van der Waals surface area (Å²) in [7, 11) is 0. The Hall–Kier alpha value is -2.69.